The number of nitriles is 1. The molecule has 7 heteroatoms. The highest BCUT2D eigenvalue weighted by atomic mass is 35.5. The molecule has 0 aliphatic rings. The first-order chi connectivity index (χ1) is 13.6. The Morgan fingerprint density at radius 1 is 1.28 bits per heavy atom. The van der Waals surface area contributed by atoms with Gasteiger partial charge in [-0.2, -0.15) is 5.26 Å². The zero-order chi connectivity index (χ0) is 21.6. The van der Waals surface area contributed by atoms with Crippen molar-refractivity contribution in [1.29, 1.82) is 5.26 Å². The number of amides is 1. The number of nitrogens with zero attached hydrogens (tertiary/aromatic N) is 2. The number of halogens is 2. The molecule has 154 valence electrons. The standard InChI is InChI=1S/C22H24ClFN2O3/c1-22(2,3)29-21(27)26(4)11-10-19(15-8-6-5-7-9-15)28-20-13-17(23)18(24)12-16(20)14-25/h5-9,12-13,19H,10-11H2,1-4H3/t19-/m1/s1. The molecule has 2 aromatic carbocycles. The van der Waals surface area contributed by atoms with Gasteiger partial charge in [0, 0.05) is 26.1 Å². The van der Waals surface area contributed by atoms with E-state index in [0.717, 1.165) is 11.6 Å². The summed E-state index contributed by atoms with van der Waals surface area (Å²) in [6.07, 6.45) is -0.485. The summed E-state index contributed by atoms with van der Waals surface area (Å²) in [5.41, 5.74) is 0.315. The van der Waals surface area contributed by atoms with Crippen LogP contribution in [0.2, 0.25) is 5.02 Å². The molecule has 0 spiro atoms. The molecule has 0 saturated carbocycles. The Morgan fingerprint density at radius 3 is 2.52 bits per heavy atom. The van der Waals surface area contributed by atoms with Crippen LogP contribution in [0.1, 0.15) is 44.4 Å². The topological polar surface area (TPSA) is 62.6 Å². The SMILES string of the molecule is CN(CC[C@@H](Oc1cc(Cl)c(F)cc1C#N)c1ccccc1)C(=O)OC(C)(C)C. The number of benzene rings is 2. The second-order valence-electron chi connectivity index (χ2n) is 7.58. The molecule has 0 unspecified atom stereocenters. The van der Waals surface area contributed by atoms with Crippen molar-refractivity contribution in [1.82, 2.24) is 4.90 Å². The highest BCUT2D eigenvalue weighted by Crippen LogP contribution is 2.31. The fourth-order valence-corrected chi connectivity index (χ4v) is 2.72. The molecule has 29 heavy (non-hydrogen) atoms. The second-order valence-corrected chi connectivity index (χ2v) is 7.99. The van der Waals surface area contributed by atoms with Crippen LogP contribution in [0.25, 0.3) is 0 Å². The van der Waals surface area contributed by atoms with E-state index in [1.807, 2.05) is 36.4 Å². The van der Waals surface area contributed by atoms with Gasteiger partial charge in [-0.25, -0.2) is 9.18 Å². The lowest BCUT2D eigenvalue weighted by Gasteiger charge is -2.26. The highest BCUT2D eigenvalue weighted by molar-refractivity contribution is 6.30. The summed E-state index contributed by atoms with van der Waals surface area (Å²) in [5, 5.41) is 9.18. The van der Waals surface area contributed by atoms with Crippen molar-refractivity contribution >= 4 is 17.7 Å². The van der Waals surface area contributed by atoms with E-state index >= 15 is 0 Å². The Labute approximate surface area is 175 Å². The maximum atomic E-state index is 13.7. The molecule has 0 aromatic heterocycles. The minimum Gasteiger partial charge on any atom is -0.484 e. The maximum absolute atomic E-state index is 13.7. The molecular formula is C22H24ClFN2O3. The van der Waals surface area contributed by atoms with Crippen LogP contribution in [0, 0.1) is 17.1 Å². The highest BCUT2D eigenvalue weighted by Gasteiger charge is 2.22. The van der Waals surface area contributed by atoms with Gasteiger partial charge in [0.1, 0.15) is 29.3 Å². The summed E-state index contributed by atoms with van der Waals surface area (Å²) in [4.78, 5) is 13.7. The Bertz CT molecular complexity index is 891. The molecule has 0 aliphatic heterocycles. The van der Waals surface area contributed by atoms with Gasteiger partial charge in [0.15, 0.2) is 0 Å². The molecule has 0 bridgehead atoms. The summed E-state index contributed by atoms with van der Waals surface area (Å²) in [5.74, 6) is -0.496. The zero-order valence-electron chi connectivity index (χ0n) is 16.9. The number of carbonyl (C=O) groups is 1. The Hall–Kier alpha value is -2.78. The van der Waals surface area contributed by atoms with Crippen molar-refractivity contribution in [2.24, 2.45) is 0 Å². The van der Waals surface area contributed by atoms with Crippen LogP contribution in [-0.4, -0.2) is 30.2 Å². The summed E-state index contributed by atoms with van der Waals surface area (Å²) in [7, 11) is 1.64. The Morgan fingerprint density at radius 2 is 1.93 bits per heavy atom. The Balaban J connectivity index is 2.21. The molecule has 2 aromatic rings. The monoisotopic (exact) mass is 418 g/mol. The molecule has 0 fully saturated rings. The second kappa shape index (κ2) is 9.62. The lowest BCUT2D eigenvalue weighted by atomic mass is 10.1. The van der Waals surface area contributed by atoms with Gasteiger partial charge in [-0.05, 0) is 32.4 Å². The molecule has 0 radical (unpaired) electrons. The van der Waals surface area contributed by atoms with Gasteiger partial charge in [0.05, 0.1) is 10.6 Å². The number of rotatable bonds is 6. The normalized spacial score (nSPS) is 12.0. The first-order valence-electron chi connectivity index (χ1n) is 9.15. The fraction of sp³-hybridized carbons (Fsp3) is 0.364. The summed E-state index contributed by atoms with van der Waals surface area (Å²) < 4.78 is 25.1. The van der Waals surface area contributed by atoms with E-state index in [9.17, 15) is 14.4 Å². The van der Waals surface area contributed by atoms with Crippen LogP contribution < -0.4 is 4.74 Å². The van der Waals surface area contributed by atoms with Crippen LogP contribution in [0.4, 0.5) is 9.18 Å². The van der Waals surface area contributed by atoms with Crippen molar-refractivity contribution in [2.75, 3.05) is 13.6 Å². The number of ether oxygens (including phenoxy) is 2. The quantitative estimate of drug-likeness (QED) is 0.601. The van der Waals surface area contributed by atoms with Crippen LogP contribution >= 0.6 is 11.6 Å². The van der Waals surface area contributed by atoms with E-state index in [1.54, 1.807) is 27.8 Å². The molecule has 0 aliphatic carbocycles. The molecule has 0 saturated heterocycles. The maximum Gasteiger partial charge on any atom is 0.410 e. The molecule has 2 rings (SSSR count). The smallest absolute Gasteiger partial charge is 0.410 e. The molecule has 5 nitrogen and oxygen atoms in total. The van der Waals surface area contributed by atoms with Crippen LogP contribution in [0.3, 0.4) is 0 Å². The van der Waals surface area contributed by atoms with Gasteiger partial charge in [-0.15, -0.1) is 0 Å². The van der Waals surface area contributed by atoms with Crippen molar-refractivity contribution in [2.45, 2.75) is 38.9 Å². The average Bonchev–Trinajstić information content (AvgIpc) is 2.66. The van der Waals surface area contributed by atoms with Crippen molar-refractivity contribution in [3.63, 3.8) is 0 Å². The largest absolute Gasteiger partial charge is 0.484 e. The van der Waals surface area contributed by atoms with Gasteiger partial charge in [-0.3, -0.25) is 0 Å². The van der Waals surface area contributed by atoms with Crippen LogP contribution in [-0.2, 0) is 4.74 Å². The predicted octanol–water partition coefficient (Wildman–Crippen LogP) is 5.73. The van der Waals surface area contributed by atoms with Gasteiger partial charge < -0.3 is 14.4 Å². The minimum absolute atomic E-state index is 0.0494. The minimum atomic E-state index is -0.684. The third-order valence-electron chi connectivity index (χ3n) is 4.02. The summed E-state index contributed by atoms with van der Waals surface area (Å²) in [6, 6.07) is 13.6. The average molecular weight is 419 g/mol. The van der Waals surface area contributed by atoms with Gasteiger partial charge in [0.25, 0.3) is 0 Å². The van der Waals surface area contributed by atoms with Gasteiger partial charge >= 0.3 is 6.09 Å². The van der Waals surface area contributed by atoms with Crippen molar-refractivity contribution < 1.29 is 18.7 Å². The third-order valence-corrected chi connectivity index (χ3v) is 4.31. The fourth-order valence-electron chi connectivity index (χ4n) is 2.57. The van der Waals surface area contributed by atoms with E-state index in [0.29, 0.717) is 13.0 Å². The van der Waals surface area contributed by atoms with E-state index in [2.05, 4.69) is 0 Å². The molecule has 1 atom stereocenters. The van der Waals surface area contributed by atoms with Gasteiger partial charge in [0.2, 0.25) is 0 Å². The van der Waals surface area contributed by atoms with Crippen molar-refractivity contribution in [3.05, 3.63) is 64.4 Å². The lowest BCUT2D eigenvalue weighted by molar-refractivity contribution is 0.0278. The molecular weight excluding hydrogens is 395 g/mol. The summed E-state index contributed by atoms with van der Waals surface area (Å²) >= 11 is 5.87. The van der Waals surface area contributed by atoms with Crippen LogP contribution in [0.15, 0.2) is 42.5 Å². The number of hydrogen-bond acceptors (Lipinski definition) is 4. The van der Waals surface area contributed by atoms with E-state index in [-0.39, 0.29) is 16.3 Å². The van der Waals surface area contributed by atoms with E-state index < -0.39 is 23.6 Å². The molecule has 0 N–H and O–H groups in total. The van der Waals surface area contributed by atoms with Gasteiger partial charge in [-0.1, -0.05) is 41.9 Å². The molecule has 1 amide bonds. The Kier molecular flexibility index (Phi) is 7.46. The zero-order valence-corrected chi connectivity index (χ0v) is 17.7. The number of hydrogen-bond donors (Lipinski definition) is 0. The first kappa shape index (κ1) is 22.5. The first-order valence-corrected chi connectivity index (χ1v) is 9.53. The van der Waals surface area contributed by atoms with Crippen LogP contribution in [0.5, 0.6) is 5.75 Å². The van der Waals surface area contributed by atoms with E-state index in [4.69, 9.17) is 21.1 Å². The summed E-state index contributed by atoms with van der Waals surface area (Å²) in [6.45, 7) is 5.76. The van der Waals surface area contributed by atoms with Crippen molar-refractivity contribution in [3.8, 4) is 11.8 Å². The molecule has 0 heterocycles. The lowest BCUT2D eigenvalue weighted by Crippen LogP contribution is -2.35. The van der Waals surface area contributed by atoms with E-state index in [1.165, 1.54) is 11.0 Å². The third kappa shape index (κ3) is 6.65. The number of carbonyl (C=O) groups excluding carboxylic acids is 1. The predicted molar refractivity (Wildman–Crippen MR) is 109 cm³/mol.